The number of rotatable bonds is 6. The van der Waals surface area contributed by atoms with Crippen LogP contribution in [0.1, 0.15) is 36.7 Å². The van der Waals surface area contributed by atoms with Crippen molar-refractivity contribution in [2.75, 3.05) is 30.9 Å². The minimum absolute atomic E-state index is 0.00279. The molecule has 0 heterocycles. The van der Waals surface area contributed by atoms with Gasteiger partial charge in [0.2, 0.25) is 0 Å². The number of benzene rings is 2. The van der Waals surface area contributed by atoms with Gasteiger partial charge < -0.3 is 15.0 Å². The van der Waals surface area contributed by atoms with Crippen LogP contribution in [0, 0.1) is 10.1 Å². The van der Waals surface area contributed by atoms with Crippen LogP contribution in [-0.4, -0.2) is 37.5 Å². The molecule has 8 nitrogen and oxygen atoms in total. The molecule has 0 aromatic heterocycles. The zero-order valence-corrected chi connectivity index (χ0v) is 17.2. The van der Waals surface area contributed by atoms with E-state index in [0.717, 1.165) is 11.6 Å². The quantitative estimate of drug-likeness (QED) is 0.451. The van der Waals surface area contributed by atoms with Crippen LogP contribution in [0.4, 0.5) is 17.1 Å². The first-order valence-electron chi connectivity index (χ1n) is 9.02. The molecular weight excluding hydrogens is 374 g/mol. The van der Waals surface area contributed by atoms with Gasteiger partial charge in [0.25, 0.3) is 11.6 Å². The maximum atomic E-state index is 12.2. The van der Waals surface area contributed by atoms with Crippen molar-refractivity contribution >= 4 is 28.9 Å². The van der Waals surface area contributed by atoms with E-state index in [2.05, 4.69) is 26.1 Å². The molecule has 0 bridgehead atoms. The van der Waals surface area contributed by atoms with Gasteiger partial charge in [0.1, 0.15) is 5.69 Å². The third kappa shape index (κ3) is 5.78. The summed E-state index contributed by atoms with van der Waals surface area (Å²) in [5.74, 6) is -1.31. The van der Waals surface area contributed by atoms with Crippen LogP contribution in [0.5, 0.6) is 0 Å². The average Bonchev–Trinajstić information content (AvgIpc) is 2.65. The zero-order valence-electron chi connectivity index (χ0n) is 17.2. The first-order valence-corrected chi connectivity index (χ1v) is 9.02. The van der Waals surface area contributed by atoms with E-state index in [1.807, 2.05) is 12.1 Å². The smallest absolute Gasteiger partial charge is 0.338 e. The molecule has 0 unspecified atom stereocenters. The molecule has 0 saturated carbocycles. The Bertz CT molecular complexity index is 915. The van der Waals surface area contributed by atoms with Crippen molar-refractivity contribution in [1.82, 2.24) is 0 Å². The van der Waals surface area contributed by atoms with Crippen LogP contribution in [0.2, 0.25) is 0 Å². The molecule has 0 atom stereocenters. The van der Waals surface area contributed by atoms with Crippen molar-refractivity contribution in [3.05, 3.63) is 63.7 Å². The molecule has 0 aliphatic carbocycles. The van der Waals surface area contributed by atoms with Crippen molar-refractivity contribution in [3.8, 4) is 0 Å². The molecule has 2 aromatic rings. The molecule has 1 N–H and O–H groups in total. The third-order valence-electron chi connectivity index (χ3n) is 4.26. The third-order valence-corrected chi connectivity index (χ3v) is 4.26. The molecule has 0 fully saturated rings. The average molecular weight is 399 g/mol. The van der Waals surface area contributed by atoms with Gasteiger partial charge in [0.15, 0.2) is 6.61 Å². The normalized spacial score (nSPS) is 10.9. The van der Waals surface area contributed by atoms with Gasteiger partial charge in [0.05, 0.1) is 10.5 Å². The van der Waals surface area contributed by atoms with E-state index >= 15 is 0 Å². The highest BCUT2D eigenvalue weighted by molar-refractivity contribution is 5.96. The van der Waals surface area contributed by atoms with E-state index in [1.165, 1.54) is 12.1 Å². The number of carbonyl (C=O) groups excluding carboxylic acids is 2. The monoisotopic (exact) mass is 399 g/mol. The van der Waals surface area contributed by atoms with Gasteiger partial charge in [-0.3, -0.25) is 14.9 Å². The summed E-state index contributed by atoms with van der Waals surface area (Å²) in [7, 11) is 3.33. The topological polar surface area (TPSA) is 102 Å². The summed E-state index contributed by atoms with van der Waals surface area (Å²) in [6.45, 7) is 5.78. The number of hydrogen-bond donors (Lipinski definition) is 1. The molecule has 29 heavy (non-hydrogen) atoms. The minimum Gasteiger partial charge on any atom is -0.452 e. The van der Waals surface area contributed by atoms with E-state index in [9.17, 15) is 19.7 Å². The first kappa shape index (κ1) is 21.9. The van der Waals surface area contributed by atoms with Crippen molar-refractivity contribution in [2.45, 2.75) is 26.2 Å². The fourth-order valence-electron chi connectivity index (χ4n) is 2.64. The molecule has 1 amide bonds. The number of esters is 1. The highest BCUT2D eigenvalue weighted by atomic mass is 16.6. The Hall–Kier alpha value is -3.42. The van der Waals surface area contributed by atoms with Crippen molar-refractivity contribution < 1.29 is 19.2 Å². The second kappa shape index (κ2) is 8.72. The van der Waals surface area contributed by atoms with E-state index in [0.29, 0.717) is 11.4 Å². The van der Waals surface area contributed by atoms with Crippen LogP contribution in [-0.2, 0) is 14.9 Å². The summed E-state index contributed by atoms with van der Waals surface area (Å²) >= 11 is 0. The Balaban J connectivity index is 1.99. The Morgan fingerprint density at radius 1 is 1.10 bits per heavy atom. The number of carbonyl (C=O) groups is 2. The lowest BCUT2D eigenvalue weighted by atomic mass is 9.87. The fraction of sp³-hybridized carbons (Fsp3) is 0.333. The number of amides is 1. The maximum absolute atomic E-state index is 12.2. The summed E-state index contributed by atoms with van der Waals surface area (Å²) < 4.78 is 4.99. The van der Waals surface area contributed by atoms with Gasteiger partial charge in [-0.15, -0.1) is 0 Å². The van der Waals surface area contributed by atoms with Crippen LogP contribution in [0.15, 0.2) is 42.5 Å². The number of nitro groups is 1. The lowest BCUT2D eigenvalue weighted by molar-refractivity contribution is -0.384. The molecule has 0 aliphatic rings. The van der Waals surface area contributed by atoms with Crippen LogP contribution < -0.4 is 10.2 Å². The molecule has 2 aromatic carbocycles. The lowest BCUT2D eigenvalue weighted by Gasteiger charge is -2.19. The molecule has 154 valence electrons. The number of nitrogens with zero attached hydrogens (tertiary/aromatic N) is 2. The fourth-order valence-corrected chi connectivity index (χ4v) is 2.64. The van der Waals surface area contributed by atoms with Gasteiger partial charge in [0, 0.05) is 25.8 Å². The minimum atomic E-state index is -0.809. The number of hydrogen-bond acceptors (Lipinski definition) is 6. The summed E-state index contributed by atoms with van der Waals surface area (Å²) in [5.41, 5.74) is 1.87. The molecule has 0 saturated heterocycles. The summed E-state index contributed by atoms with van der Waals surface area (Å²) in [5, 5.41) is 13.9. The Kier molecular flexibility index (Phi) is 6.58. The number of ether oxygens (including phenoxy) is 1. The predicted octanol–water partition coefficient (Wildman–Crippen LogP) is 3.75. The molecular formula is C21H25N3O5. The summed E-state index contributed by atoms with van der Waals surface area (Å²) in [6.07, 6.45) is 0. The van der Waals surface area contributed by atoms with Gasteiger partial charge in [-0.25, -0.2) is 4.79 Å². The summed E-state index contributed by atoms with van der Waals surface area (Å²) in [4.78, 5) is 36.4. The molecule has 0 aliphatic heterocycles. The lowest BCUT2D eigenvalue weighted by Crippen LogP contribution is -2.21. The number of nitro benzene ring substituents is 1. The van der Waals surface area contributed by atoms with Crippen LogP contribution in [0.3, 0.4) is 0 Å². The van der Waals surface area contributed by atoms with Crippen LogP contribution >= 0.6 is 0 Å². The summed E-state index contributed by atoms with van der Waals surface area (Å²) in [6, 6.07) is 11.4. The molecule has 8 heteroatoms. The maximum Gasteiger partial charge on any atom is 0.338 e. The second-order valence-corrected chi connectivity index (χ2v) is 7.81. The Morgan fingerprint density at radius 3 is 2.24 bits per heavy atom. The Morgan fingerprint density at radius 2 is 1.72 bits per heavy atom. The standard InChI is InChI=1S/C21H25N3O5/c1-21(2,3)15-7-9-16(10-8-15)22-19(25)13-29-20(26)14-6-11-17(23(4)5)18(12-14)24(27)28/h6-12H,13H2,1-5H3,(H,22,25). The van der Waals surface area contributed by atoms with Gasteiger partial charge >= 0.3 is 5.97 Å². The van der Waals surface area contributed by atoms with Crippen LogP contribution in [0.25, 0.3) is 0 Å². The number of nitrogens with one attached hydrogen (secondary N) is 1. The SMILES string of the molecule is CN(C)c1ccc(C(=O)OCC(=O)Nc2ccc(C(C)(C)C)cc2)cc1[N+](=O)[O-]. The van der Waals surface area contributed by atoms with Crippen molar-refractivity contribution in [1.29, 1.82) is 0 Å². The van der Waals surface area contributed by atoms with E-state index < -0.39 is 23.4 Å². The molecule has 2 rings (SSSR count). The van der Waals surface area contributed by atoms with Gasteiger partial charge in [-0.2, -0.15) is 0 Å². The predicted molar refractivity (Wildman–Crippen MR) is 111 cm³/mol. The number of anilines is 2. The van der Waals surface area contributed by atoms with Gasteiger partial charge in [-0.1, -0.05) is 32.9 Å². The van der Waals surface area contributed by atoms with E-state index in [1.54, 1.807) is 31.1 Å². The van der Waals surface area contributed by atoms with Crippen molar-refractivity contribution in [3.63, 3.8) is 0 Å². The van der Waals surface area contributed by atoms with Crippen molar-refractivity contribution in [2.24, 2.45) is 0 Å². The highest BCUT2D eigenvalue weighted by Gasteiger charge is 2.20. The van der Waals surface area contributed by atoms with E-state index in [4.69, 9.17) is 4.74 Å². The van der Waals surface area contributed by atoms with Gasteiger partial charge in [-0.05, 0) is 35.2 Å². The Labute approximate surface area is 169 Å². The first-order chi connectivity index (χ1) is 13.5. The zero-order chi connectivity index (χ0) is 21.8. The second-order valence-electron chi connectivity index (χ2n) is 7.81. The largest absolute Gasteiger partial charge is 0.452 e. The highest BCUT2D eigenvalue weighted by Crippen LogP contribution is 2.28. The molecule has 0 spiro atoms. The molecule has 0 radical (unpaired) electrons. The van der Waals surface area contributed by atoms with E-state index in [-0.39, 0.29) is 16.7 Å².